The van der Waals surface area contributed by atoms with Gasteiger partial charge in [-0.3, -0.25) is 9.20 Å². The molecular weight excluding hydrogens is 196 g/mol. The molecule has 2 rings (SSSR count). The van der Waals surface area contributed by atoms with Gasteiger partial charge in [-0.2, -0.15) is 0 Å². The molecule has 2 heterocycles. The Morgan fingerprint density at radius 2 is 2.47 bits per heavy atom. The van der Waals surface area contributed by atoms with E-state index in [0.29, 0.717) is 18.0 Å². The molecule has 2 aromatic heterocycles. The predicted octanol–water partition coefficient (Wildman–Crippen LogP) is -0.588. The first kappa shape index (κ1) is 9.38. The van der Waals surface area contributed by atoms with Crippen molar-refractivity contribution in [3.63, 3.8) is 0 Å². The van der Waals surface area contributed by atoms with Crippen molar-refractivity contribution in [1.29, 1.82) is 0 Å². The van der Waals surface area contributed by atoms with Gasteiger partial charge in [0.2, 0.25) is 11.6 Å². The molecule has 3 N–H and O–H groups in total. The number of carbonyl (C=O) groups is 1. The molecule has 0 spiro atoms. The summed E-state index contributed by atoms with van der Waals surface area (Å²) in [5, 5.41) is 10.6. The van der Waals surface area contributed by atoms with Crippen LogP contribution in [0.2, 0.25) is 0 Å². The molecule has 0 aliphatic heterocycles. The third-order valence-corrected chi connectivity index (χ3v) is 1.88. The zero-order valence-electron chi connectivity index (χ0n) is 7.92. The van der Waals surface area contributed by atoms with E-state index < -0.39 is 0 Å². The second kappa shape index (κ2) is 3.91. The molecule has 1 amide bonds. The minimum Gasteiger partial charge on any atom is -0.370 e. The number of anilines is 1. The highest BCUT2D eigenvalue weighted by atomic mass is 16.1. The Labute approximate surface area is 85.3 Å². The Morgan fingerprint density at radius 1 is 1.60 bits per heavy atom. The molecule has 0 atom stereocenters. The first-order chi connectivity index (χ1) is 7.27. The van der Waals surface area contributed by atoms with Crippen molar-refractivity contribution in [2.45, 2.75) is 6.42 Å². The predicted molar refractivity (Wildman–Crippen MR) is 53.1 cm³/mol. The molecule has 78 valence electrons. The lowest BCUT2D eigenvalue weighted by molar-refractivity contribution is -0.117. The second-order valence-electron chi connectivity index (χ2n) is 2.98. The average Bonchev–Trinajstić information content (AvgIpc) is 2.65. The molecule has 0 aliphatic carbocycles. The van der Waals surface area contributed by atoms with Gasteiger partial charge in [-0.25, -0.2) is 4.98 Å². The molecular formula is C8H10N6O. The quantitative estimate of drug-likeness (QED) is 0.696. The van der Waals surface area contributed by atoms with Crippen molar-refractivity contribution >= 4 is 17.4 Å². The molecule has 0 fully saturated rings. The normalized spacial score (nSPS) is 10.4. The van der Waals surface area contributed by atoms with E-state index in [1.165, 1.54) is 0 Å². The first-order valence-corrected chi connectivity index (χ1v) is 4.44. The third-order valence-electron chi connectivity index (χ3n) is 1.88. The van der Waals surface area contributed by atoms with Gasteiger partial charge in [0.05, 0.1) is 0 Å². The van der Waals surface area contributed by atoms with Crippen molar-refractivity contribution in [3.8, 4) is 0 Å². The van der Waals surface area contributed by atoms with Gasteiger partial charge in [0.25, 0.3) is 0 Å². The summed E-state index contributed by atoms with van der Waals surface area (Å²) in [6.07, 6.45) is 5.21. The summed E-state index contributed by atoms with van der Waals surface area (Å²) in [5.41, 5.74) is 5.64. The van der Waals surface area contributed by atoms with Crippen molar-refractivity contribution in [1.82, 2.24) is 19.6 Å². The van der Waals surface area contributed by atoms with Crippen molar-refractivity contribution in [2.75, 3.05) is 11.9 Å². The molecule has 15 heavy (non-hydrogen) atoms. The Balaban J connectivity index is 2.13. The van der Waals surface area contributed by atoms with E-state index in [1.54, 1.807) is 23.1 Å². The van der Waals surface area contributed by atoms with Gasteiger partial charge < -0.3 is 11.1 Å². The SMILES string of the molecule is NC(=O)CCNc1nccn2cnnc12. The van der Waals surface area contributed by atoms with Crippen molar-refractivity contribution < 1.29 is 4.79 Å². The van der Waals surface area contributed by atoms with Gasteiger partial charge in [0.1, 0.15) is 6.33 Å². The monoisotopic (exact) mass is 206 g/mol. The summed E-state index contributed by atoms with van der Waals surface area (Å²) in [5.74, 6) is 0.243. The van der Waals surface area contributed by atoms with Gasteiger partial charge in [-0.15, -0.1) is 10.2 Å². The standard InChI is InChI=1S/C8H10N6O/c9-6(15)1-2-10-7-8-13-12-5-14(8)4-3-11-7/h3-5H,1-2H2,(H2,9,15)(H,10,11). The molecule has 7 heteroatoms. The maximum absolute atomic E-state index is 10.5. The fraction of sp³-hybridized carbons (Fsp3) is 0.250. The summed E-state index contributed by atoms with van der Waals surface area (Å²) in [4.78, 5) is 14.6. The Bertz CT molecular complexity index is 479. The smallest absolute Gasteiger partial charge is 0.219 e. The van der Waals surface area contributed by atoms with Crippen LogP contribution in [0.3, 0.4) is 0 Å². The fourth-order valence-corrected chi connectivity index (χ4v) is 1.19. The van der Waals surface area contributed by atoms with Crippen LogP contribution in [-0.4, -0.2) is 32.0 Å². The molecule has 0 saturated carbocycles. The maximum Gasteiger partial charge on any atom is 0.219 e. The van der Waals surface area contributed by atoms with E-state index in [4.69, 9.17) is 5.73 Å². The number of amides is 1. The maximum atomic E-state index is 10.5. The first-order valence-electron chi connectivity index (χ1n) is 4.44. The number of hydrogen-bond acceptors (Lipinski definition) is 5. The topological polar surface area (TPSA) is 98.2 Å². The lowest BCUT2D eigenvalue weighted by Crippen LogP contribution is -2.16. The highest BCUT2D eigenvalue weighted by Crippen LogP contribution is 2.08. The number of rotatable bonds is 4. The number of fused-ring (bicyclic) bond motifs is 1. The van der Waals surface area contributed by atoms with Crippen LogP contribution in [0.4, 0.5) is 5.82 Å². The Hall–Kier alpha value is -2.18. The largest absolute Gasteiger partial charge is 0.370 e. The van der Waals surface area contributed by atoms with Gasteiger partial charge in [-0.05, 0) is 0 Å². The average molecular weight is 206 g/mol. The molecule has 0 aliphatic rings. The van der Waals surface area contributed by atoms with Gasteiger partial charge in [0.15, 0.2) is 5.82 Å². The molecule has 0 bridgehead atoms. The van der Waals surface area contributed by atoms with E-state index in [-0.39, 0.29) is 12.3 Å². The molecule has 0 aromatic carbocycles. The number of nitrogens with two attached hydrogens (primary N) is 1. The number of aromatic nitrogens is 4. The second-order valence-corrected chi connectivity index (χ2v) is 2.98. The summed E-state index contributed by atoms with van der Waals surface area (Å²) in [6.45, 7) is 0.439. The lowest BCUT2D eigenvalue weighted by Gasteiger charge is -2.03. The summed E-state index contributed by atoms with van der Waals surface area (Å²) in [6, 6.07) is 0. The third kappa shape index (κ3) is 2.01. The van der Waals surface area contributed by atoms with Gasteiger partial charge >= 0.3 is 0 Å². The van der Waals surface area contributed by atoms with Crippen molar-refractivity contribution in [3.05, 3.63) is 18.7 Å². The highest BCUT2D eigenvalue weighted by molar-refractivity contribution is 5.74. The Morgan fingerprint density at radius 3 is 3.27 bits per heavy atom. The van der Waals surface area contributed by atoms with Crippen LogP contribution < -0.4 is 11.1 Å². The van der Waals surface area contributed by atoms with Crippen LogP contribution in [0.5, 0.6) is 0 Å². The minimum atomic E-state index is -0.351. The van der Waals surface area contributed by atoms with Gasteiger partial charge in [-0.1, -0.05) is 0 Å². The molecule has 0 saturated heterocycles. The molecule has 0 radical (unpaired) electrons. The van der Waals surface area contributed by atoms with E-state index in [9.17, 15) is 4.79 Å². The van der Waals surface area contributed by atoms with E-state index in [1.807, 2.05) is 0 Å². The van der Waals surface area contributed by atoms with E-state index >= 15 is 0 Å². The summed E-state index contributed by atoms with van der Waals surface area (Å²) < 4.78 is 1.74. The zero-order chi connectivity index (χ0) is 10.7. The fourth-order valence-electron chi connectivity index (χ4n) is 1.19. The number of nitrogens with one attached hydrogen (secondary N) is 1. The summed E-state index contributed by atoms with van der Waals surface area (Å²) in [7, 11) is 0. The number of primary amides is 1. The minimum absolute atomic E-state index is 0.261. The van der Waals surface area contributed by atoms with E-state index in [2.05, 4.69) is 20.5 Å². The van der Waals surface area contributed by atoms with Crippen molar-refractivity contribution in [2.24, 2.45) is 5.73 Å². The van der Waals surface area contributed by atoms with E-state index in [0.717, 1.165) is 0 Å². The lowest BCUT2D eigenvalue weighted by atomic mass is 10.4. The molecule has 0 unspecified atom stereocenters. The number of nitrogens with zero attached hydrogens (tertiary/aromatic N) is 4. The van der Waals surface area contributed by atoms with Gasteiger partial charge in [0, 0.05) is 25.4 Å². The van der Waals surface area contributed by atoms with Crippen LogP contribution >= 0.6 is 0 Å². The molecule has 2 aromatic rings. The number of hydrogen-bond donors (Lipinski definition) is 2. The highest BCUT2D eigenvalue weighted by Gasteiger charge is 2.03. The Kier molecular flexibility index (Phi) is 2.44. The van der Waals surface area contributed by atoms with Crippen LogP contribution in [-0.2, 0) is 4.79 Å². The zero-order valence-corrected chi connectivity index (χ0v) is 7.92. The van der Waals surface area contributed by atoms with Crippen LogP contribution in [0.1, 0.15) is 6.42 Å². The van der Waals surface area contributed by atoms with Crippen LogP contribution in [0.15, 0.2) is 18.7 Å². The number of carbonyl (C=O) groups excluding carboxylic acids is 1. The molecule has 7 nitrogen and oxygen atoms in total. The van der Waals surface area contributed by atoms with Crippen LogP contribution in [0, 0.1) is 0 Å². The summed E-state index contributed by atoms with van der Waals surface area (Å²) >= 11 is 0. The van der Waals surface area contributed by atoms with Crippen LogP contribution in [0.25, 0.3) is 5.65 Å².